The molecule has 2 aromatic heterocycles. The third-order valence-corrected chi connectivity index (χ3v) is 12.8. The van der Waals surface area contributed by atoms with Crippen molar-refractivity contribution in [3.8, 4) is 0 Å². The minimum absolute atomic E-state index is 0.00841. The van der Waals surface area contributed by atoms with Crippen LogP contribution in [0.1, 0.15) is 96.6 Å². The molecular weight excluding hydrogens is 857 g/mol. The third-order valence-electron chi connectivity index (χ3n) is 11.3. The number of carbonyl (C=O) groups is 5. The molecule has 6 heterocycles. The van der Waals surface area contributed by atoms with Crippen LogP contribution in [-0.2, 0) is 47.6 Å². The fraction of sp³-hybridized carbons (Fsp3) is 0.756. The molecule has 2 aromatic rings. The number of esters is 2. The predicted octanol–water partition coefficient (Wildman–Crippen LogP) is 2.28. The predicted molar refractivity (Wildman–Crippen MR) is 230 cm³/mol. The van der Waals surface area contributed by atoms with E-state index in [0.717, 1.165) is 37.9 Å². The number of ether oxygens (including phenoxy) is 6. The number of Topliss-reactive ketones (excluding diaryl/α,β-unsaturated/α-hetero) is 1. The van der Waals surface area contributed by atoms with Gasteiger partial charge in [0.1, 0.15) is 36.4 Å². The SMILES string of the molecule is CC1(CCC(=O)O[C@@H]2[C@H](O)[C@@H](COC(=O)CCCC(=O)NCCCOCCOCCOCCCCC(=O)CCCC[C@H]3SC[C@H]4NC(=O)N[C@H]43)O[C@H]2n2cnc3c(N)ncnc32)N=N1. The number of thioether (sulfide) groups is 1. The first-order valence-corrected chi connectivity index (χ1v) is 23.3. The number of aliphatic hydroxyl groups excluding tert-OH is 1. The highest BCUT2D eigenvalue weighted by Crippen LogP contribution is 2.37. The topological polar surface area (TPSA) is 291 Å². The van der Waals surface area contributed by atoms with Gasteiger partial charge in [0, 0.05) is 69.3 Å². The Morgan fingerprint density at radius 3 is 2.41 bits per heavy atom. The minimum atomic E-state index is -1.36. The van der Waals surface area contributed by atoms with E-state index < -0.39 is 42.1 Å². The van der Waals surface area contributed by atoms with Crippen LogP contribution in [0.3, 0.4) is 0 Å². The summed E-state index contributed by atoms with van der Waals surface area (Å²) < 4.78 is 35.3. The van der Waals surface area contributed by atoms with Crippen molar-refractivity contribution in [1.82, 2.24) is 35.5 Å². The van der Waals surface area contributed by atoms with Crippen molar-refractivity contribution in [2.45, 2.75) is 138 Å². The zero-order chi connectivity index (χ0) is 45.3. The molecule has 3 fully saturated rings. The van der Waals surface area contributed by atoms with E-state index in [9.17, 15) is 29.1 Å². The molecule has 0 aromatic carbocycles. The van der Waals surface area contributed by atoms with Crippen LogP contribution >= 0.6 is 11.8 Å². The smallest absolute Gasteiger partial charge is 0.315 e. The molecule has 22 nitrogen and oxygen atoms in total. The zero-order valence-electron chi connectivity index (χ0n) is 36.4. The van der Waals surface area contributed by atoms with Gasteiger partial charge in [-0.25, -0.2) is 19.7 Å². The van der Waals surface area contributed by atoms with Gasteiger partial charge in [-0.3, -0.25) is 23.7 Å². The highest BCUT2D eigenvalue weighted by atomic mass is 32.2. The summed E-state index contributed by atoms with van der Waals surface area (Å²) in [5, 5.41) is 28.2. The van der Waals surface area contributed by atoms with Gasteiger partial charge < -0.3 is 55.2 Å². The number of aromatic nitrogens is 4. The number of nitrogens with zero attached hydrogens (tertiary/aromatic N) is 6. The molecule has 0 bridgehead atoms. The van der Waals surface area contributed by atoms with Crippen LogP contribution in [0.25, 0.3) is 11.2 Å². The van der Waals surface area contributed by atoms with E-state index in [4.69, 9.17) is 34.2 Å². The van der Waals surface area contributed by atoms with E-state index in [0.29, 0.717) is 94.1 Å². The molecule has 4 aliphatic rings. The first kappa shape index (κ1) is 48.9. The summed E-state index contributed by atoms with van der Waals surface area (Å²) in [6, 6.07) is 0.393. The molecule has 23 heteroatoms. The highest BCUT2D eigenvalue weighted by Gasteiger charge is 2.49. The maximum atomic E-state index is 12.8. The van der Waals surface area contributed by atoms with Crippen molar-refractivity contribution < 1.29 is 57.5 Å². The molecule has 0 radical (unpaired) electrons. The van der Waals surface area contributed by atoms with Crippen molar-refractivity contribution in [3.63, 3.8) is 0 Å². The largest absolute Gasteiger partial charge is 0.463 e. The lowest BCUT2D eigenvalue weighted by Crippen LogP contribution is -2.37. The number of ketones is 1. The second kappa shape index (κ2) is 24.7. The Balaban J connectivity index is 0.724. The number of amides is 3. The maximum absolute atomic E-state index is 12.8. The summed E-state index contributed by atoms with van der Waals surface area (Å²) in [5.74, 6) is 0.0107. The number of unbranched alkanes of at least 4 members (excludes halogenated alkanes) is 2. The van der Waals surface area contributed by atoms with Gasteiger partial charge >= 0.3 is 18.0 Å². The number of carbonyl (C=O) groups excluding carboxylic acids is 5. The van der Waals surface area contributed by atoms with Crippen LogP contribution in [0.2, 0.25) is 0 Å². The Bertz CT molecular complexity index is 1900. The third kappa shape index (κ3) is 15.0. The molecule has 0 saturated carbocycles. The molecule has 0 unspecified atom stereocenters. The number of urea groups is 1. The number of imidazole rings is 1. The normalized spacial score (nSPS) is 24.0. The Kier molecular flexibility index (Phi) is 18.8. The number of anilines is 1. The minimum Gasteiger partial charge on any atom is -0.463 e. The van der Waals surface area contributed by atoms with Crippen LogP contribution in [0.15, 0.2) is 22.9 Å². The van der Waals surface area contributed by atoms with Crippen molar-refractivity contribution >= 4 is 58.4 Å². The molecule has 64 heavy (non-hydrogen) atoms. The van der Waals surface area contributed by atoms with Crippen molar-refractivity contribution in [2.75, 3.05) is 64.3 Å². The van der Waals surface area contributed by atoms with Crippen molar-refractivity contribution in [2.24, 2.45) is 10.2 Å². The average molecular weight is 919 g/mol. The number of aliphatic hydroxyl groups is 1. The molecule has 354 valence electrons. The van der Waals surface area contributed by atoms with E-state index in [2.05, 4.69) is 41.1 Å². The number of nitrogens with one attached hydrogen (secondary N) is 3. The second-order valence-electron chi connectivity index (χ2n) is 16.5. The lowest BCUT2D eigenvalue weighted by Gasteiger charge is -2.22. The van der Waals surface area contributed by atoms with E-state index >= 15 is 0 Å². The zero-order valence-corrected chi connectivity index (χ0v) is 37.2. The molecule has 0 spiro atoms. The molecule has 7 atom stereocenters. The van der Waals surface area contributed by atoms with Gasteiger partial charge in [0.15, 0.2) is 29.5 Å². The Morgan fingerprint density at radius 2 is 1.64 bits per heavy atom. The molecule has 0 aliphatic carbocycles. The van der Waals surface area contributed by atoms with Gasteiger partial charge in [-0.15, -0.1) is 0 Å². The lowest BCUT2D eigenvalue weighted by atomic mass is 10.0. The van der Waals surface area contributed by atoms with E-state index in [1.165, 1.54) is 17.2 Å². The van der Waals surface area contributed by atoms with Crippen LogP contribution in [0.4, 0.5) is 10.6 Å². The second-order valence-corrected chi connectivity index (χ2v) is 17.7. The maximum Gasteiger partial charge on any atom is 0.315 e. The summed E-state index contributed by atoms with van der Waals surface area (Å²) in [4.78, 5) is 73.8. The fourth-order valence-corrected chi connectivity index (χ4v) is 9.18. The average Bonchev–Trinajstić information content (AvgIpc) is 3.57. The lowest BCUT2D eigenvalue weighted by molar-refractivity contribution is -0.158. The summed E-state index contributed by atoms with van der Waals surface area (Å²) in [6.45, 7) is 4.68. The van der Waals surface area contributed by atoms with Crippen molar-refractivity contribution in [3.05, 3.63) is 12.7 Å². The summed E-state index contributed by atoms with van der Waals surface area (Å²) >= 11 is 1.90. The van der Waals surface area contributed by atoms with E-state index in [1.807, 2.05) is 11.8 Å². The molecule has 4 aliphatic heterocycles. The Hall–Kier alpha value is -4.55. The Labute approximate surface area is 375 Å². The molecule has 6 N–H and O–H groups in total. The number of fused-ring (bicyclic) bond motifs is 2. The quantitative estimate of drug-likeness (QED) is 0.0412. The molecule has 3 amide bonds. The summed E-state index contributed by atoms with van der Waals surface area (Å²) in [5.41, 5.74) is 5.93. The van der Waals surface area contributed by atoms with Crippen LogP contribution in [-0.4, -0.2) is 154 Å². The number of hydrogen-bond donors (Lipinski definition) is 5. The van der Waals surface area contributed by atoms with Gasteiger partial charge in [0.25, 0.3) is 0 Å². The van der Waals surface area contributed by atoms with E-state index in [-0.39, 0.29) is 62.1 Å². The summed E-state index contributed by atoms with van der Waals surface area (Å²) in [6.07, 6.45) is 5.03. The van der Waals surface area contributed by atoms with Crippen LogP contribution in [0, 0.1) is 0 Å². The number of rotatable bonds is 31. The van der Waals surface area contributed by atoms with Crippen LogP contribution < -0.4 is 21.7 Å². The van der Waals surface area contributed by atoms with Crippen molar-refractivity contribution in [1.29, 1.82) is 0 Å². The standard InChI is InChI=1S/C41H62N10O12S/c1-41(49-50-41)14-13-32(55)63-36-35(56)28(62-39(36)51-25-46-34-37(42)44-24-45-38(34)51)22-61-31(54)12-6-11-30(53)43-15-7-17-59-19-21-60-20-18-58-16-5-4-9-26(52)8-2-3-10-29-33-27(23-64-29)47-40(57)48-33/h24-25,27-29,33,35-36,39,56H,2-23H2,1H3,(H,43,53)(H2,42,44,45)(H2,47,48,57)/t27-,28-,29-,33-,35-,36-,39-/m1/s1. The molecular formula is C41H62N10O12S. The van der Waals surface area contributed by atoms with Gasteiger partial charge in [0.05, 0.1) is 44.8 Å². The van der Waals surface area contributed by atoms with Gasteiger partial charge in [-0.2, -0.15) is 22.0 Å². The summed E-state index contributed by atoms with van der Waals surface area (Å²) in [7, 11) is 0. The highest BCUT2D eigenvalue weighted by molar-refractivity contribution is 8.00. The number of nitrogen functional groups attached to an aromatic ring is 1. The molecule has 6 rings (SSSR count). The molecule has 3 saturated heterocycles. The van der Waals surface area contributed by atoms with Gasteiger partial charge in [0.2, 0.25) is 5.91 Å². The van der Waals surface area contributed by atoms with Crippen LogP contribution in [0.5, 0.6) is 0 Å². The monoisotopic (exact) mass is 918 g/mol. The van der Waals surface area contributed by atoms with Gasteiger partial charge in [-0.05, 0) is 45.4 Å². The first-order valence-electron chi connectivity index (χ1n) is 22.3. The fourth-order valence-electron chi connectivity index (χ4n) is 7.63. The van der Waals surface area contributed by atoms with Gasteiger partial charge in [-0.1, -0.05) is 6.42 Å². The number of nitrogens with two attached hydrogens (primary N) is 1. The Morgan fingerprint density at radius 1 is 0.906 bits per heavy atom. The first-order chi connectivity index (χ1) is 31.0. The van der Waals surface area contributed by atoms with E-state index in [1.54, 1.807) is 6.92 Å². The number of hydrogen-bond acceptors (Lipinski definition) is 19.